The van der Waals surface area contributed by atoms with E-state index in [4.69, 9.17) is 0 Å². The molecule has 0 aromatic heterocycles. The Balaban J connectivity index is 1.89. The molecule has 1 atom stereocenters. The van der Waals surface area contributed by atoms with E-state index in [1.807, 2.05) is 30.3 Å². The molecule has 1 unspecified atom stereocenters. The Morgan fingerprint density at radius 3 is 2.21 bits per heavy atom. The lowest BCUT2D eigenvalue weighted by atomic mass is 9.95. The SMILES string of the molecule is CCCCN(CCCC)CCCN1C(=O)C(=O)C(=C(O)c2ccccc2)C1c1cccc(Br)c1. The predicted octanol–water partition coefficient (Wildman–Crippen LogP) is 6.16. The molecular formula is C28H35BrN2O3. The predicted molar refractivity (Wildman–Crippen MR) is 140 cm³/mol. The molecule has 0 bridgehead atoms. The van der Waals surface area contributed by atoms with Gasteiger partial charge in [0, 0.05) is 16.6 Å². The van der Waals surface area contributed by atoms with E-state index >= 15 is 0 Å². The maximum absolute atomic E-state index is 13.1. The molecule has 5 nitrogen and oxygen atoms in total. The highest BCUT2D eigenvalue weighted by Gasteiger charge is 2.45. The van der Waals surface area contributed by atoms with Gasteiger partial charge in [-0.05, 0) is 56.6 Å². The van der Waals surface area contributed by atoms with Crippen LogP contribution in [0.2, 0.25) is 0 Å². The molecule has 3 rings (SSSR count). The highest BCUT2D eigenvalue weighted by Crippen LogP contribution is 2.40. The maximum atomic E-state index is 13.1. The van der Waals surface area contributed by atoms with Gasteiger partial charge in [0.05, 0.1) is 11.6 Å². The van der Waals surface area contributed by atoms with E-state index in [1.54, 1.807) is 29.2 Å². The van der Waals surface area contributed by atoms with Gasteiger partial charge in [-0.2, -0.15) is 0 Å². The highest BCUT2D eigenvalue weighted by molar-refractivity contribution is 9.10. The number of benzene rings is 2. The number of amides is 1. The van der Waals surface area contributed by atoms with Crippen LogP contribution in [0.1, 0.15) is 63.1 Å². The fourth-order valence-corrected chi connectivity index (χ4v) is 4.87. The number of likely N-dealkylation sites (tertiary alicyclic amines) is 1. The van der Waals surface area contributed by atoms with Crippen molar-refractivity contribution in [1.29, 1.82) is 0 Å². The molecule has 0 aliphatic carbocycles. The number of Topliss-reactive ketones (excluding diaryl/α,β-unsaturated/α-hetero) is 1. The number of aliphatic hydroxyl groups excluding tert-OH is 1. The molecule has 2 aromatic carbocycles. The summed E-state index contributed by atoms with van der Waals surface area (Å²) in [5.74, 6) is -1.30. The number of hydrogen-bond acceptors (Lipinski definition) is 4. The van der Waals surface area contributed by atoms with Crippen LogP contribution in [0.3, 0.4) is 0 Å². The second-order valence-electron chi connectivity index (χ2n) is 8.82. The first-order chi connectivity index (χ1) is 16.5. The maximum Gasteiger partial charge on any atom is 0.295 e. The zero-order valence-corrected chi connectivity index (χ0v) is 21.8. The molecule has 0 spiro atoms. The van der Waals surface area contributed by atoms with Gasteiger partial charge in [0.15, 0.2) is 0 Å². The van der Waals surface area contributed by atoms with Gasteiger partial charge in [0.2, 0.25) is 0 Å². The van der Waals surface area contributed by atoms with Gasteiger partial charge in [0.1, 0.15) is 5.76 Å². The number of rotatable bonds is 12. The largest absolute Gasteiger partial charge is 0.507 e. The minimum atomic E-state index is -0.625. The summed E-state index contributed by atoms with van der Waals surface area (Å²) in [4.78, 5) is 30.4. The average Bonchev–Trinajstić information content (AvgIpc) is 3.10. The molecule has 34 heavy (non-hydrogen) atoms. The summed E-state index contributed by atoms with van der Waals surface area (Å²) in [5.41, 5.74) is 1.49. The lowest BCUT2D eigenvalue weighted by molar-refractivity contribution is -0.140. The van der Waals surface area contributed by atoms with E-state index in [9.17, 15) is 14.7 Å². The second kappa shape index (κ2) is 12.9. The van der Waals surface area contributed by atoms with Crippen LogP contribution in [0, 0.1) is 0 Å². The van der Waals surface area contributed by atoms with Crippen molar-refractivity contribution in [2.24, 2.45) is 0 Å². The molecular weight excluding hydrogens is 492 g/mol. The molecule has 6 heteroatoms. The number of halogens is 1. The number of unbranched alkanes of at least 4 members (excludes halogenated alkanes) is 2. The number of carbonyl (C=O) groups excluding carboxylic acids is 2. The Kier molecular flexibility index (Phi) is 9.90. The summed E-state index contributed by atoms with van der Waals surface area (Å²) >= 11 is 3.51. The number of hydrogen-bond donors (Lipinski definition) is 1. The molecule has 1 aliphatic rings. The first-order valence-corrected chi connectivity index (χ1v) is 13.1. The van der Waals surface area contributed by atoms with Gasteiger partial charge in [-0.15, -0.1) is 0 Å². The monoisotopic (exact) mass is 526 g/mol. The van der Waals surface area contributed by atoms with Gasteiger partial charge in [-0.3, -0.25) is 9.59 Å². The first kappa shape index (κ1) is 26.2. The van der Waals surface area contributed by atoms with Crippen molar-refractivity contribution in [2.45, 2.75) is 52.0 Å². The van der Waals surface area contributed by atoms with E-state index in [1.165, 1.54) is 0 Å². The molecule has 0 radical (unpaired) electrons. The van der Waals surface area contributed by atoms with E-state index < -0.39 is 17.7 Å². The molecule has 1 amide bonds. The quantitative estimate of drug-likeness (QED) is 0.204. The molecule has 1 fully saturated rings. The molecule has 1 heterocycles. The number of aliphatic hydroxyl groups is 1. The number of carbonyl (C=O) groups is 2. The Labute approximate surface area is 211 Å². The number of nitrogens with zero attached hydrogens (tertiary/aromatic N) is 2. The summed E-state index contributed by atoms with van der Waals surface area (Å²) in [5, 5.41) is 11.1. The van der Waals surface area contributed by atoms with E-state index in [-0.39, 0.29) is 11.3 Å². The zero-order valence-electron chi connectivity index (χ0n) is 20.2. The van der Waals surface area contributed by atoms with Gasteiger partial charge in [0.25, 0.3) is 11.7 Å². The van der Waals surface area contributed by atoms with Crippen LogP contribution >= 0.6 is 15.9 Å². The summed E-state index contributed by atoms with van der Waals surface area (Å²) in [6, 6.07) is 16.0. The number of ketones is 1. The Morgan fingerprint density at radius 1 is 0.941 bits per heavy atom. The minimum Gasteiger partial charge on any atom is -0.507 e. The third kappa shape index (κ3) is 6.36. The van der Waals surface area contributed by atoms with Crippen molar-refractivity contribution >= 4 is 33.4 Å². The van der Waals surface area contributed by atoms with Crippen molar-refractivity contribution in [1.82, 2.24) is 9.80 Å². The van der Waals surface area contributed by atoms with Crippen molar-refractivity contribution in [3.8, 4) is 0 Å². The van der Waals surface area contributed by atoms with E-state index in [0.717, 1.165) is 61.8 Å². The highest BCUT2D eigenvalue weighted by atomic mass is 79.9. The molecule has 1 aliphatic heterocycles. The fourth-order valence-electron chi connectivity index (χ4n) is 4.45. The summed E-state index contributed by atoms with van der Waals surface area (Å²) < 4.78 is 0.862. The summed E-state index contributed by atoms with van der Waals surface area (Å²) in [6.07, 6.45) is 5.39. The third-order valence-corrected chi connectivity index (χ3v) is 6.77. The topological polar surface area (TPSA) is 60.9 Å². The first-order valence-electron chi connectivity index (χ1n) is 12.3. The Hall–Kier alpha value is -2.44. The van der Waals surface area contributed by atoms with Crippen molar-refractivity contribution < 1.29 is 14.7 Å². The molecule has 1 saturated heterocycles. The minimum absolute atomic E-state index is 0.126. The van der Waals surface area contributed by atoms with Crippen LogP contribution < -0.4 is 0 Å². The second-order valence-corrected chi connectivity index (χ2v) is 9.73. The van der Waals surface area contributed by atoms with Crippen LogP contribution in [0.25, 0.3) is 5.76 Å². The fraction of sp³-hybridized carbons (Fsp3) is 0.429. The van der Waals surface area contributed by atoms with Crippen molar-refractivity contribution in [3.05, 3.63) is 75.8 Å². The Bertz CT molecular complexity index is 998. The molecule has 0 saturated carbocycles. The van der Waals surface area contributed by atoms with Gasteiger partial charge < -0.3 is 14.9 Å². The molecule has 1 N–H and O–H groups in total. The normalized spacial score (nSPS) is 17.6. The van der Waals surface area contributed by atoms with E-state index in [2.05, 4.69) is 34.7 Å². The van der Waals surface area contributed by atoms with Crippen LogP contribution in [0.15, 0.2) is 64.6 Å². The van der Waals surface area contributed by atoms with Gasteiger partial charge >= 0.3 is 0 Å². The van der Waals surface area contributed by atoms with Crippen LogP contribution in [0.4, 0.5) is 0 Å². The van der Waals surface area contributed by atoms with Crippen LogP contribution in [0.5, 0.6) is 0 Å². The van der Waals surface area contributed by atoms with Crippen molar-refractivity contribution in [2.75, 3.05) is 26.2 Å². The van der Waals surface area contributed by atoms with Crippen molar-refractivity contribution in [3.63, 3.8) is 0 Å². The molecule has 2 aromatic rings. The summed E-state index contributed by atoms with van der Waals surface area (Å²) in [6.45, 7) is 7.84. The smallest absolute Gasteiger partial charge is 0.295 e. The van der Waals surface area contributed by atoms with Crippen LogP contribution in [-0.4, -0.2) is 52.8 Å². The Morgan fingerprint density at radius 2 is 1.59 bits per heavy atom. The van der Waals surface area contributed by atoms with Crippen LogP contribution in [-0.2, 0) is 9.59 Å². The zero-order chi connectivity index (χ0) is 24.5. The van der Waals surface area contributed by atoms with E-state index in [0.29, 0.717) is 12.1 Å². The average molecular weight is 528 g/mol. The standard InChI is InChI=1S/C28H35BrN2O3/c1-3-5-16-30(17-6-4-2)18-11-19-31-25(22-14-10-15-23(29)20-22)24(27(33)28(31)34)26(32)21-12-8-7-9-13-21/h7-10,12-15,20,25,32H,3-6,11,16-19H2,1-2H3. The van der Waals surface area contributed by atoms with Gasteiger partial charge in [-0.25, -0.2) is 0 Å². The molecule has 182 valence electrons. The summed E-state index contributed by atoms with van der Waals surface area (Å²) in [7, 11) is 0. The van der Waals surface area contributed by atoms with Gasteiger partial charge in [-0.1, -0.05) is 85.1 Å². The lowest BCUT2D eigenvalue weighted by Crippen LogP contribution is -2.34. The lowest BCUT2D eigenvalue weighted by Gasteiger charge is -2.27. The third-order valence-electron chi connectivity index (χ3n) is 6.28.